The lowest BCUT2D eigenvalue weighted by Crippen LogP contribution is -2.05. The monoisotopic (exact) mass is 250 g/mol. The van der Waals surface area contributed by atoms with Gasteiger partial charge >= 0.3 is 0 Å². The molecule has 3 rings (SSSR count). The zero-order valence-corrected chi connectivity index (χ0v) is 10.5. The Hall–Kier alpha value is -2.49. The molecule has 0 spiro atoms. The molecule has 3 aromatic rings. The standard InChI is InChI=1S/C15H14N4/c1-2-6-14(7-3-1)15-8-4-5-13(11-15)9-10-19-17-12-16-18-19/h1-8,11-12H,9-10H2. The quantitative estimate of drug-likeness (QED) is 0.714. The zero-order chi connectivity index (χ0) is 12.9. The molecule has 0 saturated heterocycles. The summed E-state index contributed by atoms with van der Waals surface area (Å²) in [5.41, 5.74) is 3.76. The first kappa shape index (κ1) is 11.6. The molecule has 0 fully saturated rings. The van der Waals surface area contributed by atoms with Gasteiger partial charge in [-0.05, 0) is 28.3 Å². The topological polar surface area (TPSA) is 43.6 Å². The average Bonchev–Trinajstić information content (AvgIpc) is 3.00. The first-order valence-electron chi connectivity index (χ1n) is 6.27. The van der Waals surface area contributed by atoms with Gasteiger partial charge in [0.05, 0.1) is 6.54 Å². The van der Waals surface area contributed by atoms with E-state index in [0.29, 0.717) is 0 Å². The van der Waals surface area contributed by atoms with Crippen LogP contribution in [0.4, 0.5) is 0 Å². The van der Waals surface area contributed by atoms with Gasteiger partial charge in [0.25, 0.3) is 0 Å². The van der Waals surface area contributed by atoms with E-state index >= 15 is 0 Å². The van der Waals surface area contributed by atoms with Crippen molar-refractivity contribution < 1.29 is 0 Å². The van der Waals surface area contributed by atoms with Crippen LogP contribution in [0.3, 0.4) is 0 Å². The molecule has 94 valence electrons. The highest BCUT2D eigenvalue weighted by Crippen LogP contribution is 2.20. The summed E-state index contributed by atoms with van der Waals surface area (Å²) in [4.78, 5) is 1.61. The van der Waals surface area contributed by atoms with Crippen LogP contribution in [-0.2, 0) is 13.0 Å². The molecular formula is C15H14N4. The van der Waals surface area contributed by atoms with Crippen LogP contribution in [0, 0.1) is 0 Å². The molecule has 1 heterocycles. The van der Waals surface area contributed by atoms with Crippen LogP contribution >= 0.6 is 0 Å². The smallest absolute Gasteiger partial charge is 0.162 e. The summed E-state index contributed by atoms with van der Waals surface area (Å²) in [5, 5.41) is 11.6. The first-order chi connectivity index (χ1) is 9.42. The van der Waals surface area contributed by atoms with Gasteiger partial charge in [-0.2, -0.15) is 4.80 Å². The number of tetrazole rings is 1. The molecule has 0 radical (unpaired) electrons. The summed E-state index contributed by atoms with van der Waals surface area (Å²) in [5.74, 6) is 0. The number of nitrogens with zero attached hydrogens (tertiary/aromatic N) is 4. The lowest BCUT2D eigenvalue weighted by atomic mass is 10.0. The van der Waals surface area contributed by atoms with Crippen molar-refractivity contribution in [1.82, 2.24) is 20.2 Å². The average molecular weight is 250 g/mol. The van der Waals surface area contributed by atoms with E-state index in [1.165, 1.54) is 23.0 Å². The van der Waals surface area contributed by atoms with Crippen molar-refractivity contribution in [3.8, 4) is 11.1 Å². The third-order valence-corrected chi connectivity index (χ3v) is 3.03. The fourth-order valence-corrected chi connectivity index (χ4v) is 2.06. The molecule has 0 amide bonds. The Morgan fingerprint density at radius 1 is 0.895 bits per heavy atom. The number of hydrogen-bond donors (Lipinski definition) is 0. The Labute approximate surface area is 111 Å². The van der Waals surface area contributed by atoms with E-state index in [2.05, 4.69) is 63.9 Å². The Morgan fingerprint density at radius 2 is 1.74 bits per heavy atom. The van der Waals surface area contributed by atoms with Gasteiger partial charge < -0.3 is 0 Å². The lowest BCUT2D eigenvalue weighted by molar-refractivity contribution is 0.522. The predicted octanol–water partition coefficient (Wildman–Crippen LogP) is 2.58. The Morgan fingerprint density at radius 3 is 2.53 bits per heavy atom. The van der Waals surface area contributed by atoms with E-state index in [9.17, 15) is 0 Å². The maximum absolute atomic E-state index is 4.01. The Balaban J connectivity index is 1.77. The molecule has 4 heteroatoms. The van der Waals surface area contributed by atoms with E-state index in [1.807, 2.05) is 6.07 Å². The van der Waals surface area contributed by atoms with Crippen LogP contribution in [0.25, 0.3) is 11.1 Å². The molecule has 1 aromatic heterocycles. The summed E-state index contributed by atoms with van der Waals surface area (Å²) < 4.78 is 0. The largest absolute Gasteiger partial charge is 0.164 e. The molecule has 0 saturated carbocycles. The highest BCUT2D eigenvalue weighted by molar-refractivity contribution is 5.63. The third kappa shape index (κ3) is 2.85. The van der Waals surface area contributed by atoms with Crippen molar-refractivity contribution in [1.29, 1.82) is 0 Å². The molecular weight excluding hydrogens is 236 g/mol. The summed E-state index contributed by atoms with van der Waals surface area (Å²) in [6.07, 6.45) is 2.36. The Bertz CT molecular complexity index is 632. The zero-order valence-electron chi connectivity index (χ0n) is 10.5. The van der Waals surface area contributed by atoms with Crippen LogP contribution in [0.15, 0.2) is 60.9 Å². The van der Waals surface area contributed by atoms with Crippen molar-refractivity contribution in [3.63, 3.8) is 0 Å². The van der Waals surface area contributed by atoms with Crippen LogP contribution in [-0.4, -0.2) is 20.2 Å². The molecule has 2 aromatic carbocycles. The van der Waals surface area contributed by atoms with Crippen molar-refractivity contribution in [3.05, 3.63) is 66.5 Å². The van der Waals surface area contributed by atoms with Crippen LogP contribution in [0.5, 0.6) is 0 Å². The van der Waals surface area contributed by atoms with Crippen molar-refractivity contribution >= 4 is 0 Å². The number of benzene rings is 2. The van der Waals surface area contributed by atoms with Gasteiger partial charge in [0.2, 0.25) is 0 Å². The van der Waals surface area contributed by atoms with Crippen LogP contribution in [0.1, 0.15) is 5.56 Å². The summed E-state index contributed by atoms with van der Waals surface area (Å²) in [6, 6.07) is 19.0. The number of aromatic nitrogens is 4. The van der Waals surface area contributed by atoms with Crippen molar-refractivity contribution in [2.24, 2.45) is 0 Å². The van der Waals surface area contributed by atoms with Gasteiger partial charge in [-0.3, -0.25) is 0 Å². The van der Waals surface area contributed by atoms with Crippen molar-refractivity contribution in [2.45, 2.75) is 13.0 Å². The number of aryl methyl sites for hydroxylation is 2. The molecule has 0 N–H and O–H groups in total. The van der Waals surface area contributed by atoms with Crippen LogP contribution < -0.4 is 0 Å². The van der Waals surface area contributed by atoms with E-state index in [-0.39, 0.29) is 0 Å². The van der Waals surface area contributed by atoms with Gasteiger partial charge in [0.15, 0.2) is 6.33 Å². The maximum atomic E-state index is 4.01. The van der Waals surface area contributed by atoms with E-state index in [1.54, 1.807) is 4.80 Å². The predicted molar refractivity (Wildman–Crippen MR) is 73.4 cm³/mol. The van der Waals surface area contributed by atoms with E-state index in [4.69, 9.17) is 0 Å². The highest BCUT2D eigenvalue weighted by Gasteiger charge is 2.00. The second-order valence-electron chi connectivity index (χ2n) is 4.35. The van der Waals surface area contributed by atoms with Gasteiger partial charge in [-0.15, -0.1) is 10.2 Å². The van der Waals surface area contributed by atoms with Crippen molar-refractivity contribution in [2.75, 3.05) is 0 Å². The van der Waals surface area contributed by atoms with E-state index in [0.717, 1.165) is 13.0 Å². The molecule has 0 aliphatic carbocycles. The minimum Gasteiger partial charge on any atom is -0.164 e. The molecule has 0 bridgehead atoms. The summed E-state index contributed by atoms with van der Waals surface area (Å²) in [7, 11) is 0. The number of hydrogen-bond acceptors (Lipinski definition) is 3. The van der Waals surface area contributed by atoms with Gasteiger partial charge in [-0.25, -0.2) is 0 Å². The van der Waals surface area contributed by atoms with Gasteiger partial charge in [-0.1, -0.05) is 54.6 Å². The molecule has 19 heavy (non-hydrogen) atoms. The summed E-state index contributed by atoms with van der Waals surface area (Å²) in [6.45, 7) is 0.748. The molecule has 0 atom stereocenters. The molecule has 4 nitrogen and oxygen atoms in total. The third-order valence-electron chi connectivity index (χ3n) is 3.03. The fourth-order valence-electron chi connectivity index (χ4n) is 2.06. The number of rotatable bonds is 4. The minimum atomic E-state index is 0.748. The SMILES string of the molecule is c1ccc(-c2cccc(CCn3ncnn3)c2)cc1. The summed E-state index contributed by atoms with van der Waals surface area (Å²) >= 11 is 0. The molecule has 0 unspecified atom stereocenters. The maximum Gasteiger partial charge on any atom is 0.162 e. The molecule has 0 aliphatic heterocycles. The fraction of sp³-hybridized carbons (Fsp3) is 0.133. The Kier molecular flexibility index (Phi) is 3.32. The highest BCUT2D eigenvalue weighted by atomic mass is 15.6. The van der Waals surface area contributed by atoms with Gasteiger partial charge in [0.1, 0.15) is 0 Å². The first-order valence-corrected chi connectivity index (χ1v) is 6.27. The van der Waals surface area contributed by atoms with E-state index < -0.39 is 0 Å². The lowest BCUT2D eigenvalue weighted by Gasteiger charge is -2.05. The molecule has 0 aliphatic rings. The van der Waals surface area contributed by atoms with Gasteiger partial charge in [0, 0.05) is 0 Å². The minimum absolute atomic E-state index is 0.748. The van der Waals surface area contributed by atoms with Crippen LogP contribution in [0.2, 0.25) is 0 Å². The normalized spacial score (nSPS) is 10.5. The second kappa shape index (κ2) is 5.44. The second-order valence-corrected chi connectivity index (χ2v) is 4.35.